The highest BCUT2D eigenvalue weighted by atomic mass is 19.4. The lowest BCUT2D eigenvalue weighted by Gasteiger charge is -2.36. The molecule has 1 saturated heterocycles. The Morgan fingerprint density at radius 1 is 0.900 bits per heavy atom. The van der Waals surface area contributed by atoms with Crippen LogP contribution in [0.5, 0.6) is 0 Å². The first-order chi connectivity index (χ1) is 14.4. The third kappa shape index (κ3) is 5.95. The summed E-state index contributed by atoms with van der Waals surface area (Å²) >= 11 is 0. The van der Waals surface area contributed by atoms with Crippen LogP contribution in [0.15, 0.2) is 48.5 Å². The fourth-order valence-corrected chi connectivity index (χ4v) is 2.99. The summed E-state index contributed by atoms with van der Waals surface area (Å²) in [7, 11) is 0. The molecule has 2 aromatic rings. The van der Waals surface area contributed by atoms with Crippen molar-refractivity contribution >= 4 is 25.2 Å². The molecule has 1 fully saturated rings. The lowest BCUT2D eigenvalue weighted by Crippen LogP contribution is -2.49. The molecule has 0 unspecified atom stereocenters. The summed E-state index contributed by atoms with van der Waals surface area (Å²) in [6.45, 7) is 6.07. The standard InChI is InChI=1S/C20H17F3N2O.2CH2O/c1-2-15-5-3-4-6-18(15)19(26)25-13-11-24(12-14-25)17-9-7-16(8-10-17)20(21,22)23;2*1-2/h1,3-10H,11-14H2;2*1H2. The van der Waals surface area contributed by atoms with Crippen molar-refractivity contribution in [3.63, 3.8) is 0 Å². The first kappa shape index (κ1) is 24.4. The first-order valence-electron chi connectivity index (χ1n) is 8.75. The summed E-state index contributed by atoms with van der Waals surface area (Å²) in [4.78, 5) is 32.4. The molecule has 158 valence electrons. The van der Waals surface area contributed by atoms with Crippen LogP contribution in [0.25, 0.3) is 0 Å². The molecule has 0 aromatic heterocycles. The third-order valence-electron chi connectivity index (χ3n) is 4.44. The van der Waals surface area contributed by atoms with Gasteiger partial charge in [-0.1, -0.05) is 18.1 Å². The normalized spacial score (nSPS) is 13.1. The molecule has 0 atom stereocenters. The van der Waals surface area contributed by atoms with Crippen molar-refractivity contribution in [1.29, 1.82) is 0 Å². The van der Waals surface area contributed by atoms with Crippen LogP contribution >= 0.6 is 0 Å². The van der Waals surface area contributed by atoms with Gasteiger partial charge in [-0.25, -0.2) is 0 Å². The molecule has 5 nitrogen and oxygen atoms in total. The van der Waals surface area contributed by atoms with Crippen molar-refractivity contribution in [3.05, 3.63) is 65.2 Å². The Kier molecular flexibility index (Phi) is 9.30. The average Bonchev–Trinajstić information content (AvgIpc) is 2.81. The number of hydrogen-bond acceptors (Lipinski definition) is 4. The van der Waals surface area contributed by atoms with Crippen LogP contribution in [0, 0.1) is 12.3 Å². The number of terminal acetylenes is 1. The summed E-state index contributed by atoms with van der Waals surface area (Å²) in [6.07, 6.45) is 1.11. The van der Waals surface area contributed by atoms with Crippen LogP contribution in [0.2, 0.25) is 0 Å². The zero-order chi connectivity index (χ0) is 22.7. The molecule has 0 radical (unpaired) electrons. The second-order valence-electron chi connectivity index (χ2n) is 6.01. The monoisotopic (exact) mass is 418 g/mol. The summed E-state index contributed by atoms with van der Waals surface area (Å²) in [5, 5.41) is 0. The highest BCUT2D eigenvalue weighted by molar-refractivity contribution is 5.96. The minimum Gasteiger partial charge on any atom is -0.368 e. The quantitative estimate of drug-likeness (QED) is 0.703. The van der Waals surface area contributed by atoms with E-state index in [4.69, 9.17) is 16.0 Å². The first-order valence-corrected chi connectivity index (χ1v) is 8.75. The van der Waals surface area contributed by atoms with Gasteiger partial charge in [-0.05, 0) is 36.4 Å². The molecule has 1 aliphatic rings. The third-order valence-corrected chi connectivity index (χ3v) is 4.44. The van der Waals surface area contributed by atoms with Crippen LogP contribution in [0.4, 0.5) is 18.9 Å². The van der Waals surface area contributed by atoms with Gasteiger partial charge in [-0.15, -0.1) is 6.42 Å². The van der Waals surface area contributed by atoms with Crippen molar-refractivity contribution in [2.75, 3.05) is 31.1 Å². The minimum atomic E-state index is -4.34. The van der Waals surface area contributed by atoms with Gasteiger partial charge in [0, 0.05) is 37.4 Å². The number of halogens is 3. The number of rotatable bonds is 2. The molecular formula is C22H21F3N2O3. The van der Waals surface area contributed by atoms with Gasteiger partial charge in [0.05, 0.1) is 11.1 Å². The fourth-order valence-electron chi connectivity index (χ4n) is 2.99. The van der Waals surface area contributed by atoms with E-state index in [1.807, 2.05) is 18.5 Å². The summed E-state index contributed by atoms with van der Waals surface area (Å²) in [5.74, 6) is 2.40. The second kappa shape index (κ2) is 11.4. The van der Waals surface area contributed by atoms with E-state index in [0.29, 0.717) is 43.0 Å². The molecular weight excluding hydrogens is 397 g/mol. The van der Waals surface area contributed by atoms with E-state index in [-0.39, 0.29) is 5.91 Å². The van der Waals surface area contributed by atoms with Crippen LogP contribution in [0.1, 0.15) is 21.5 Å². The van der Waals surface area contributed by atoms with E-state index in [2.05, 4.69) is 5.92 Å². The van der Waals surface area contributed by atoms with Gasteiger partial charge in [0.1, 0.15) is 13.6 Å². The second-order valence-corrected chi connectivity index (χ2v) is 6.01. The SMILES string of the molecule is C#Cc1ccccc1C(=O)N1CCN(c2ccc(C(F)(F)F)cc2)CC1.C=O.C=O. The Morgan fingerprint density at radius 3 is 1.93 bits per heavy atom. The van der Waals surface area contributed by atoms with Crippen LogP contribution in [0.3, 0.4) is 0 Å². The zero-order valence-corrected chi connectivity index (χ0v) is 16.2. The summed E-state index contributed by atoms with van der Waals surface area (Å²) in [5.41, 5.74) is 1.11. The van der Waals surface area contributed by atoms with E-state index >= 15 is 0 Å². The molecule has 3 rings (SSSR count). The predicted molar refractivity (Wildman–Crippen MR) is 108 cm³/mol. The van der Waals surface area contributed by atoms with Gasteiger partial charge in [0.25, 0.3) is 5.91 Å². The number of hydrogen-bond donors (Lipinski definition) is 0. The highest BCUT2D eigenvalue weighted by Gasteiger charge is 2.30. The average molecular weight is 418 g/mol. The Balaban J connectivity index is 0.00000106. The molecule has 8 heteroatoms. The molecule has 0 bridgehead atoms. The smallest absolute Gasteiger partial charge is 0.368 e. The summed E-state index contributed by atoms with van der Waals surface area (Å²) in [6, 6.07) is 12.1. The maximum atomic E-state index is 12.7. The molecule has 0 spiro atoms. The van der Waals surface area contributed by atoms with Crippen molar-refractivity contribution in [3.8, 4) is 12.3 Å². The molecule has 30 heavy (non-hydrogen) atoms. The van der Waals surface area contributed by atoms with Crippen LogP contribution in [-0.4, -0.2) is 50.6 Å². The molecule has 1 aliphatic heterocycles. The summed E-state index contributed by atoms with van der Waals surface area (Å²) < 4.78 is 38.0. The topological polar surface area (TPSA) is 57.7 Å². The maximum Gasteiger partial charge on any atom is 0.416 e. The lowest BCUT2D eigenvalue weighted by molar-refractivity contribution is -0.137. The molecule has 0 saturated carbocycles. The van der Waals surface area contributed by atoms with E-state index in [0.717, 1.165) is 12.1 Å². The largest absolute Gasteiger partial charge is 0.416 e. The Bertz CT molecular complexity index is 866. The van der Waals surface area contributed by atoms with Gasteiger partial charge in [-0.3, -0.25) is 4.79 Å². The number of alkyl halides is 3. The van der Waals surface area contributed by atoms with Crippen molar-refractivity contribution in [1.82, 2.24) is 4.90 Å². The van der Waals surface area contributed by atoms with Crippen molar-refractivity contribution in [2.45, 2.75) is 6.18 Å². The zero-order valence-electron chi connectivity index (χ0n) is 16.2. The molecule has 1 amide bonds. The minimum absolute atomic E-state index is 0.120. The fraction of sp³-hybridized carbons (Fsp3) is 0.227. The van der Waals surface area contributed by atoms with Crippen LogP contribution in [-0.2, 0) is 15.8 Å². The molecule has 0 aliphatic carbocycles. The predicted octanol–water partition coefficient (Wildman–Crippen LogP) is 3.28. The number of nitrogens with zero attached hydrogens (tertiary/aromatic N) is 2. The number of carbonyl (C=O) groups excluding carboxylic acids is 3. The number of benzene rings is 2. The molecule has 0 N–H and O–H groups in total. The number of anilines is 1. The van der Waals surface area contributed by atoms with E-state index in [1.54, 1.807) is 29.2 Å². The Hall–Kier alpha value is -3.60. The van der Waals surface area contributed by atoms with E-state index < -0.39 is 11.7 Å². The van der Waals surface area contributed by atoms with Crippen LogP contribution < -0.4 is 4.90 Å². The van der Waals surface area contributed by atoms with Gasteiger partial charge in [0.2, 0.25) is 0 Å². The number of piperazine rings is 1. The molecule has 1 heterocycles. The van der Waals surface area contributed by atoms with Gasteiger partial charge >= 0.3 is 6.18 Å². The van der Waals surface area contributed by atoms with E-state index in [1.165, 1.54) is 12.1 Å². The van der Waals surface area contributed by atoms with Gasteiger partial charge < -0.3 is 19.4 Å². The Labute approximate surface area is 173 Å². The van der Waals surface area contributed by atoms with Crippen molar-refractivity contribution < 1.29 is 27.6 Å². The van der Waals surface area contributed by atoms with Crippen molar-refractivity contribution in [2.24, 2.45) is 0 Å². The highest BCUT2D eigenvalue weighted by Crippen LogP contribution is 2.30. The Morgan fingerprint density at radius 2 is 1.43 bits per heavy atom. The molecule has 2 aromatic carbocycles. The maximum absolute atomic E-state index is 12.7. The van der Waals surface area contributed by atoms with Gasteiger partial charge in [0.15, 0.2) is 0 Å². The number of amides is 1. The van der Waals surface area contributed by atoms with E-state index in [9.17, 15) is 18.0 Å². The van der Waals surface area contributed by atoms with Gasteiger partial charge in [-0.2, -0.15) is 13.2 Å². The number of carbonyl (C=O) groups is 3. The lowest BCUT2D eigenvalue weighted by atomic mass is 10.1.